The molecule has 0 radical (unpaired) electrons. The van der Waals surface area contributed by atoms with Crippen molar-refractivity contribution in [2.45, 2.75) is 64.9 Å². The fraction of sp³-hybridized carbons (Fsp3) is 0.682. The second-order valence-corrected chi connectivity index (χ2v) is 9.39. The SMILES string of the molecule is CC12CC[C@H](O)CC1=CCC1C2CCC2(C)C(n3cccn3)=CCC12. The first-order valence-corrected chi connectivity index (χ1v) is 10.1. The summed E-state index contributed by atoms with van der Waals surface area (Å²) in [5, 5.41) is 14.7. The molecule has 6 atom stereocenters. The van der Waals surface area contributed by atoms with Crippen molar-refractivity contribution in [3.63, 3.8) is 0 Å². The van der Waals surface area contributed by atoms with Crippen LogP contribution in [0.2, 0.25) is 0 Å². The number of allylic oxidation sites excluding steroid dienone is 3. The van der Waals surface area contributed by atoms with Crippen LogP contribution < -0.4 is 0 Å². The summed E-state index contributed by atoms with van der Waals surface area (Å²) in [6.07, 6.45) is 16.9. The molecule has 0 bridgehead atoms. The van der Waals surface area contributed by atoms with Gasteiger partial charge < -0.3 is 5.11 Å². The normalized spacial score (nSPS) is 45.9. The van der Waals surface area contributed by atoms with Gasteiger partial charge >= 0.3 is 0 Å². The molecule has 4 aliphatic carbocycles. The molecule has 3 heteroatoms. The van der Waals surface area contributed by atoms with Gasteiger partial charge in [-0.15, -0.1) is 0 Å². The third-order valence-corrected chi connectivity index (χ3v) is 8.37. The van der Waals surface area contributed by atoms with E-state index < -0.39 is 0 Å². The molecule has 0 spiro atoms. The number of nitrogens with zero attached hydrogens (tertiary/aromatic N) is 2. The summed E-state index contributed by atoms with van der Waals surface area (Å²) in [6, 6.07) is 2.03. The van der Waals surface area contributed by atoms with Crippen molar-refractivity contribution in [1.29, 1.82) is 0 Å². The van der Waals surface area contributed by atoms with E-state index in [0.717, 1.165) is 30.6 Å². The zero-order valence-corrected chi connectivity index (χ0v) is 15.5. The molecule has 5 rings (SSSR count). The predicted octanol–water partition coefficient (Wildman–Crippen LogP) is 4.66. The van der Waals surface area contributed by atoms with Crippen LogP contribution in [-0.4, -0.2) is 21.0 Å². The maximum atomic E-state index is 10.1. The number of aliphatic hydroxyl groups is 1. The Balaban J connectivity index is 1.48. The quantitative estimate of drug-likeness (QED) is 0.756. The Kier molecular flexibility index (Phi) is 3.38. The average molecular weight is 338 g/mol. The minimum Gasteiger partial charge on any atom is -0.393 e. The highest BCUT2D eigenvalue weighted by Gasteiger charge is 2.57. The molecule has 134 valence electrons. The molecule has 0 saturated heterocycles. The molecule has 1 aromatic heterocycles. The van der Waals surface area contributed by atoms with E-state index >= 15 is 0 Å². The first-order valence-electron chi connectivity index (χ1n) is 10.1. The van der Waals surface area contributed by atoms with E-state index in [2.05, 4.69) is 42.0 Å². The maximum Gasteiger partial charge on any atom is 0.0577 e. The lowest BCUT2D eigenvalue weighted by molar-refractivity contribution is -0.0251. The largest absolute Gasteiger partial charge is 0.393 e. The van der Waals surface area contributed by atoms with Gasteiger partial charge in [0.25, 0.3) is 0 Å². The fourth-order valence-electron chi connectivity index (χ4n) is 6.95. The Morgan fingerprint density at radius 2 is 1.92 bits per heavy atom. The smallest absolute Gasteiger partial charge is 0.0577 e. The van der Waals surface area contributed by atoms with E-state index in [1.54, 1.807) is 5.57 Å². The Bertz CT molecular complexity index is 733. The summed E-state index contributed by atoms with van der Waals surface area (Å²) in [5.41, 5.74) is 3.59. The second kappa shape index (κ2) is 5.33. The highest BCUT2D eigenvalue weighted by atomic mass is 16.3. The number of aliphatic hydroxyl groups excluding tert-OH is 1. The van der Waals surface area contributed by atoms with E-state index in [1.807, 2.05) is 12.3 Å². The van der Waals surface area contributed by atoms with Gasteiger partial charge in [-0.2, -0.15) is 5.10 Å². The van der Waals surface area contributed by atoms with E-state index in [0.29, 0.717) is 5.41 Å². The molecule has 0 aliphatic heterocycles. The lowest BCUT2D eigenvalue weighted by Crippen LogP contribution is -2.50. The minimum atomic E-state index is -0.107. The lowest BCUT2D eigenvalue weighted by atomic mass is 9.48. The molecular formula is C22H30N2O. The molecular weight excluding hydrogens is 308 g/mol. The molecule has 0 aromatic carbocycles. The average Bonchev–Trinajstić information content (AvgIpc) is 3.22. The lowest BCUT2D eigenvalue weighted by Gasteiger charge is -2.57. The maximum absolute atomic E-state index is 10.1. The third kappa shape index (κ3) is 2.11. The van der Waals surface area contributed by atoms with Crippen LogP contribution >= 0.6 is 0 Å². The number of fused-ring (bicyclic) bond motifs is 5. The summed E-state index contributed by atoms with van der Waals surface area (Å²) in [7, 11) is 0. The predicted molar refractivity (Wildman–Crippen MR) is 99.6 cm³/mol. The van der Waals surface area contributed by atoms with Gasteiger partial charge in [0.2, 0.25) is 0 Å². The summed E-state index contributed by atoms with van der Waals surface area (Å²) >= 11 is 0. The number of hydrogen-bond donors (Lipinski definition) is 1. The van der Waals surface area contributed by atoms with Gasteiger partial charge in [0, 0.05) is 23.5 Å². The van der Waals surface area contributed by atoms with Gasteiger partial charge in [-0.25, -0.2) is 4.68 Å². The van der Waals surface area contributed by atoms with Gasteiger partial charge in [-0.3, -0.25) is 0 Å². The topological polar surface area (TPSA) is 38.0 Å². The minimum absolute atomic E-state index is 0.107. The summed E-state index contributed by atoms with van der Waals surface area (Å²) in [6.45, 7) is 4.99. The monoisotopic (exact) mass is 338 g/mol. The van der Waals surface area contributed by atoms with Gasteiger partial charge in [-0.05, 0) is 74.2 Å². The number of aromatic nitrogens is 2. The van der Waals surface area contributed by atoms with E-state index in [-0.39, 0.29) is 11.5 Å². The molecule has 2 saturated carbocycles. The fourth-order valence-corrected chi connectivity index (χ4v) is 6.95. The number of rotatable bonds is 1. The highest BCUT2D eigenvalue weighted by molar-refractivity contribution is 5.56. The number of hydrogen-bond acceptors (Lipinski definition) is 2. The summed E-state index contributed by atoms with van der Waals surface area (Å²) < 4.78 is 2.11. The summed E-state index contributed by atoms with van der Waals surface area (Å²) in [5.74, 6) is 2.32. The molecule has 1 N–H and O–H groups in total. The second-order valence-electron chi connectivity index (χ2n) is 9.39. The van der Waals surface area contributed by atoms with Gasteiger partial charge in [0.1, 0.15) is 0 Å². The third-order valence-electron chi connectivity index (χ3n) is 8.37. The molecule has 2 fully saturated rings. The van der Waals surface area contributed by atoms with Crippen molar-refractivity contribution in [1.82, 2.24) is 9.78 Å². The van der Waals surface area contributed by atoms with E-state index in [4.69, 9.17) is 0 Å². The van der Waals surface area contributed by atoms with E-state index in [9.17, 15) is 5.11 Å². The van der Waals surface area contributed by atoms with Crippen molar-refractivity contribution in [3.05, 3.63) is 36.2 Å². The van der Waals surface area contributed by atoms with Crippen LogP contribution in [0, 0.1) is 28.6 Å². The van der Waals surface area contributed by atoms with Gasteiger partial charge in [-0.1, -0.05) is 31.6 Å². The first kappa shape index (κ1) is 15.9. The van der Waals surface area contributed by atoms with Crippen LogP contribution in [0.25, 0.3) is 5.70 Å². The summed E-state index contributed by atoms with van der Waals surface area (Å²) in [4.78, 5) is 0. The highest BCUT2D eigenvalue weighted by Crippen LogP contribution is 2.65. The van der Waals surface area contributed by atoms with Crippen LogP contribution in [-0.2, 0) is 0 Å². The van der Waals surface area contributed by atoms with E-state index in [1.165, 1.54) is 37.8 Å². The van der Waals surface area contributed by atoms with Crippen molar-refractivity contribution < 1.29 is 5.11 Å². The zero-order valence-electron chi connectivity index (χ0n) is 15.5. The van der Waals surface area contributed by atoms with Crippen molar-refractivity contribution in [2.75, 3.05) is 0 Å². The first-order chi connectivity index (χ1) is 12.0. The molecule has 5 unspecified atom stereocenters. The molecule has 0 amide bonds. The Morgan fingerprint density at radius 3 is 2.72 bits per heavy atom. The Morgan fingerprint density at radius 1 is 1.08 bits per heavy atom. The Hall–Kier alpha value is -1.35. The molecule has 25 heavy (non-hydrogen) atoms. The Labute approximate surface area is 150 Å². The van der Waals surface area contributed by atoms with Crippen molar-refractivity contribution >= 4 is 5.70 Å². The molecule has 4 aliphatic rings. The van der Waals surface area contributed by atoms with Crippen LogP contribution in [0.3, 0.4) is 0 Å². The van der Waals surface area contributed by atoms with Crippen LogP contribution in [0.4, 0.5) is 0 Å². The standard InChI is InChI=1S/C22H30N2O/c1-21-10-8-16(25)14-15(21)4-5-17-18-6-7-20(24-13-3-12-23-24)22(18,2)11-9-19(17)21/h3-4,7,12-13,16-19,25H,5-6,8-11,14H2,1-2H3/t16-,17?,18?,19?,21?,22?/m0/s1. The van der Waals surface area contributed by atoms with Gasteiger partial charge in [0.15, 0.2) is 0 Å². The molecule has 1 aromatic rings. The van der Waals surface area contributed by atoms with Crippen molar-refractivity contribution in [2.24, 2.45) is 28.6 Å². The van der Waals surface area contributed by atoms with Gasteiger partial charge in [0.05, 0.1) is 6.10 Å². The van der Waals surface area contributed by atoms with Crippen LogP contribution in [0.1, 0.15) is 58.8 Å². The van der Waals surface area contributed by atoms with Crippen LogP contribution in [0.15, 0.2) is 36.2 Å². The van der Waals surface area contributed by atoms with Crippen molar-refractivity contribution in [3.8, 4) is 0 Å². The molecule has 1 heterocycles. The zero-order chi connectivity index (χ0) is 17.2. The van der Waals surface area contributed by atoms with Crippen LogP contribution in [0.5, 0.6) is 0 Å². The molecule has 3 nitrogen and oxygen atoms in total.